The number of aromatic nitrogens is 2. The Morgan fingerprint density at radius 1 is 1.14 bits per heavy atom. The molecule has 0 fully saturated rings. The lowest BCUT2D eigenvalue weighted by Crippen LogP contribution is -2.41. The van der Waals surface area contributed by atoms with Crippen LogP contribution in [0.15, 0.2) is 45.6 Å². The van der Waals surface area contributed by atoms with Gasteiger partial charge < -0.3 is 9.73 Å². The first-order valence-corrected chi connectivity index (χ1v) is 9.42. The highest BCUT2D eigenvalue weighted by molar-refractivity contribution is 6.00. The van der Waals surface area contributed by atoms with Gasteiger partial charge in [-0.1, -0.05) is 58.0 Å². The maximum absolute atomic E-state index is 12.8. The highest BCUT2D eigenvalue weighted by Gasteiger charge is 2.27. The molecular weight excluding hydrogens is 358 g/mol. The molecule has 1 unspecified atom stereocenters. The number of carbonyl (C=O) groups is 2. The van der Waals surface area contributed by atoms with E-state index in [1.54, 1.807) is 6.08 Å². The van der Waals surface area contributed by atoms with Gasteiger partial charge in [-0.15, -0.1) is 5.10 Å². The Balaban J connectivity index is 2.14. The summed E-state index contributed by atoms with van der Waals surface area (Å²) in [4.78, 5) is 37.0. The highest BCUT2D eigenvalue weighted by atomic mass is 16.4. The van der Waals surface area contributed by atoms with Crippen LogP contribution in [0.4, 0.5) is 0 Å². The molecule has 1 aromatic heterocycles. The summed E-state index contributed by atoms with van der Waals surface area (Å²) in [5.41, 5.74) is 0.878. The molecule has 2 aromatic rings. The van der Waals surface area contributed by atoms with Crippen molar-refractivity contribution in [2.24, 2.45) is 11.8 Å². The van der Waals surface area contributed by atoms with E-state index in [0.29, 0.717) is 13.0 Å². The molecule has 1 N–H and O–H groups in total. The zero-order valence-corrected chi connectivity index (χ0v) is 16.7. The molecule has 0 aliphatic carbocycles. The van der Waals surface area contributed by atoms with Gasteiger partial charge in [-0.2, -0.15) is 4.68 Å². The Morgan fingerprint density at radius 2 is 1.82 bits per heavy atom. The Labute approximate surface area is 164 Å². The van der Waals surface area contributed by atoms with Gasteiger partial charge in [0.05, 0.1) is 12.6 Å². The molecule has 0 bridgehead atoms. The summed E-state index contributed by atoms with van der Waals surface area (Å²) in [6.45, 7) is 8.11. The monoisotopic (exact) mass is 385 g/mol. The standard InChI is InChI=1S/C21H27N3O4/c1-14(2)12-17(22-18(25)11-10-16-8-6-5-7-9-16)19(26)20-23-24(13-15(3)4)21(27)28-20/h5-11,14-15,17H,12-13H2,1-4H3,(H,22,25)/b11-10+. The molecule has 1 aromatic carbocycles. The first-order chi connectivity index (χ1) is 13.3. The van der Waals surface area contributed by atoms with E-state index in [1.807, 2.05) is 58.0 Å². The van der Waals surface area contributed by atoms with Crippen LogP contribution in [-0.4, -0.2) is 27.5 Å². The van der Waals surface area contributed by atoms with Gasteiger partial charge in [0.1, 0.15) is 0 Å². The molecule has 1 amide bonds. The molecule has 0 saturated heterocycles. The van der Waals surface area contributed by atoms with Crippen LogP contribution >= 0.6 is 0 Å². The van der Waals surface area contributed by atoms with Crippen LogP contribution < -0.4 is 11.1 Å². The van der Waals surface area contributed by atoms with Gasteiger partial charge >= 0.3 is 5.76 Å². The van der Waals surface area contributed by atoms with Crippen LogP contribution in [0.3, 0.4) is 0 Å². The van der Waals surface area contributed by atoms with E-state index in [1.165, 1.54) is 6.08 Å². The van der Waals surface area contributed by atoms with E-state index in [2.05, 4.69) is 10.4 Å². The summed E-state index contributed by atoms with van der Waals surface area (Å²) in [5.74, 6) is -1.52. The van der Waals surface area contributed by atoms with Crippen molar-refractivity contribution in [1.82, 2.24) is 15.1 Å². The van der Waals surface area contributed by atoms with E-state index >= 15 is 0 Å². The number of rotatable bonds is 9. The zero-order valence-electron chi connectivity index (χ0n) is 16.7. The summed E-state index contributed by atoms with van der Waals surface area (Å²) in [7, 11) is 0. The minimum absolute atomic E-state index is 0.150. The van der Waals surface area contributed by atoms with Gasteiger partial charge in [0.2, 0.25) is 11.7 Å². The molecular formula is C21H27N3O4. The number of nitrogens with one attached hydrogen (secondary N) is 1. The Bertz CT molecular complexity index is 879. The highest BCUT2D eigenvalue weighted by Crippen LogP contribution is 2.10. The molecule has 150 valence electrons. The third-order valence-electron chi connectivity index (χ3n) is 3.92. The minimum atomic E-state index is -0.821. The largest absolute Gasteiger partial charge is 0.437 e. The number of hydrogen-bond acceptors (Lipinski definition) is 5. The zero-order chi connectivity index (χ0) is 20.7. The lowest BCUT2D eigenvalue weighted by atomic mass is 10.00. The molecule has 28 heavy (non-hydrogen) atoms. The summed E-state index contributed by atoms with van der Waals surface area (Å²) >= 11 is 0. The van der Waals surface area contributed by atoms with Crippen molar-refractivity contribution in [3.63, 3.8) is 0 Å². The smallest absolute Gasteiger partial charge is 0.384 e. The Kier molecular flexibility index (Phi) is 7.49. The summed E-state index contributed by atoms with van der Waals surface area (Å²) in [6, 6.07) is 8.56. The third kappa shape index (κ3) is 6.33. The molecule has 0 radical (unpaired) electrons. The number of nitrogens with zero attached hydrogens (tertiary/aromatic N) is 2. The second kappa shape index (κ2) is 9.82. The molecule has 7 nitrogen and oxygen atoms in total. The number of benzene rings is 1. The summed E-state index contributed by atoms with van der Waals surface area (Å²) < 4.78 is 6.17. The van der Waals surface area contributed by atoms with Crippen molar-refractivity contribution in [1.29, 1.82) is 0 Å². The molecule has 0 spiro atoms. The maximum atomic E-state index is 12.8. The fraction of sp³-hybridized carbons (Fsp3) is 0.429. The quantitative estimate of drug-likeness (QED) is 0.529. The van der Waals surface area contributed by atoms with E-state index in [9.17, 15) is 14.4 Å². The second-order valence-electron chi connectivity index (χ2n) is 7.55. The number of ketones is 1. The van der Waals surface area contributed by atoms with Gasteiger partial charge in [0.15, 0.2) is 0 Å². The lowest BCUT2D eigenvalue weighted by molar-refractivity contribution is -0.117. The number of carbonyl (C=O) groups excluding carboxylic acids is 2. The fourth-order valence-electron chi connectivity index (χ4n) is 2.67. The van der Waals surface area contributed by atoms with Gasteiger partial charge in [-0.25, -0.2) is 4.79 Å². The lowest BCUT2D eigenvalue weighted by Gasteiger charge is -2.17. The van der Waals surface area contributed by atoms with Crippen molar-refractivity contribution < 1.29 is 14.0 Å². The fourth-order valence-corrected chi connectivity index (χ4v) is 2.67. The third-order valence-corrected chi connectivity index (χ3v) is 3.92. The molecule has 0 saturated carbocycles. The number of hydrogen-bond donors (Lipinski definition) is 1. The van der Waals surface area contributed by atoms with Gasteiger partial charge in [-0.3, -0.25) is 9.59 Å². The topological polar surface area (TPSA) is 94.2 Å². The SMILES string of the molecule is CC(C)CC(NC(=O)/C=C/c1ccccc1)C(=O)c1nn(CC(C)C)c(=O)o1. The van der Waals surface area contributed by atoms with Gasteiger partial charge in [0, 0.05) is 6.08 Å². The molecule has 0 aliphatic heterocycles. The molecule has 1 heterocycles. The van der Waals surface area contributed by atoms with Crippen LogP contribution in [0.1, 0.15) is 50.4 Å². The van der Waals surface area contributed by atoms with Crippen molar-refractivity contribution >= 4 is 17.8 Å². The van der Waals surface area contributed by atoms with Crippen LogP contribution in [0.2, 0.25) is 0 Å². The van der Waals surface area contributed by atoms with E-state index in [4.69, 9.17) is 4.42 Å². The summed E-state index contributed by atoms with van der Waals surface area (Å²) in [5, 5.41) is 6.70. The Hall–Kier alpha value is -2.96. The van der Waals surface area contributed by atoms with Crippen molar-refractivity contribution in [3.8, 4) is 0 Å². The van der Waals surface area contributed by atoms with Crippen LogP contribution in [0, 0.1) is 11.8 Å². The predicted octanol–water partition coefficient (Wildman–Crippen LogP) is 2.92. The van der Waals surface area contributed by atoms with E-state index in [0.717, 1.165) is 10.2 Å². The second-order valence-corrected chi connectivity index (χ2v) is 7.55. The van der Waals surface area contributed by atoms with Crippen LogP contribution in [0.25, 0.3) is 6.08 Å². The normalized spacial score (nSPS) is 12.6. The van der Waals surface area contributed by atoms with Crippen LogP contribution in [-0.2, 0) is 11.3 Å². The first kappa shape index (κ1) is 21.3. The predicted molar refractivity (Wildman–Crippen MR) is 107 cm³/mol. The van der Waals surface area contributed by atoms with Crippen molar-refractivity contribution in [2.75, 3.05) is 0 Å². The van der Waals surface area contributed by atoms with Crippen molar-refractivity contribution in [2.45, 2.75) is 46.7 Å². The molecule has 0 aliphatic rings. The number of Topliss-reactive ketones (excluding diaryl/α,β-unsaturated/α-hetero) is 1. The molecule has 7 heteroatoms. The minimum Gasteiger partial charge on any atom is -0.384 e. The van der Waals surface area contributed by atoms with Crippen LogP contribution in [0.5, 0.6) is 0 Å². The van der Waals surface area contributed by atoms with E-state index in [-0.39, 0.29) is 17.7 Å². The first-order valence-electron chi connectivity index (χ1n) is 9.42. The summed E-state index contributed by atoms with van der Waals surface area (Å²) in [6.07, 6.45) is 3.46. The average Bonchev–Trinajstić information content (AvgIpc) is 2.99. The van der Waals surface area contributed by atoms with Crippen molar-refractivity contribution in [3.05, 3.63) is 58.4 Å². The maximum Gasteiger partial charge on any atom is 0.437 e. The van der Waals surface area contributed by atoms with Gasteiger partial charge in [0.25, 0.3) is 5.89 Å². The average molecular weight is 385 g/mol. The molecule has 2 rings (SSSR count). The van der Waals surface area contributed by atoms with E-state index < -0.39 is 23.5 Å². The Morgan fingerprint density at radius 3 is 2.43 bits per heavy atom. The molecule has 1 atom stereocenters. The van der Waals surface area contributed by atoms with Gasteiger partial charge in [-0.05, 0) is 29.9 Å². The number of amides is 1.